The fourth-order valence-electron chi connectivity index (χ4n) is 0.844. The lowest BCUT2D eigenvalue weighted by Gasteiger charge is -2.16. The van der Waals surface area contributed by atoms with Crippen LogP contribution in [0.25, 0.3) is 0 Å². The van der Waals surface area contributed by atoms with E-state index in [1.807, 2.05) is 0 Å². The molecule has 0 spiro atoms. The molecule has 2 N–H and O–H groups in total. The summed E-state index contributed by atoms with van der Waals surface area (Å²) in [5.74, 6) is 0.566. The maximum Gasteiger partial charge on any atom is 0.234 e. The number of hydrogen-bond acceptors (Lipinski definition) is 3. The van der Waals surface area contributed by atoms with E-state index < -0.39 is 0 Å². The molecule has 1 amide bonds. The standard InChI is InChI=1S/C10H22N2O2/c1-8(2)9(3)12-7-10(13)11-5-6-14-4/h8-9,12H,5-7H2,1-4H3,(H,11,13). The first-order valence-corrected chi connectivity index (χ1v) is 5.07. The number of nitrogens with one attached hydrogen (secondary N) is 2. The Balaban J connectivity index is 3.44. The van der Waals surface area contributed by atoms with E-state index in [2.05, 4.69) is 31.4 Å². The number of hydrogen-bond donors (Lipinski definition) is 2. The number of methoxy groups -OCH3 is 1. The number of carbonyl (C=O) groups is 1. The quantitative estimate of drug-likeness (QED) is 0.587. The fourth-order valence-corrected chi connectivity index (χ4v) is 0.844. The second-order valence-corrected chi connectivity index (χ2v) is 3.76. The number of ether oxygens (including phenoxy) is 1. The van der Waals surface area contributed by atoms with Crippen molar-refractivity contribution < 1.29 is 9.53 Å². The molecule has 1 atom stereocenters. The van der Waals surface area contributed by atoms with Gasteiger partial charge in [0, 0.05) is 19.7 Å². The van der Waals surface area contributed by atoms with Crippen molar-refractivity contribution in [2.45, 2.75) is 26.8 Å². The van der Waals surface area contributed by atoms with Crippen LogP contribution >= 0.6 is 0 Å². The zero-order valence-corrected chi connectivity index (χ0v) is 9.59. The van der Waals surface area contributed by atoms with Gasteiger partial charge in [-0.05, 0) is 12.8 Å². The van der Waals surface area contributed by atoms with Crippen molar-refractivity contribution in [2.75, 3.05) is 26.8 Å². The van der Waals surface area contributed by atoms with Crippen LogP contribution in [-0.2, 0) is 9.53 Å². The summed E-state index contributed by atoms with van der Waals surface area (Å²) in [7, 11) is 1.62. The highest BCUT2D eigenvalue weighted by atomic mass is 16.5. The van der Waals surface area contributed by atoms with Gasteiger partial charge in [0.1, 0.15) is 0 Å². The first kappa shape index (κ1) is 13.4. The number of rotatable bonds is 7. The van der Waals surface area contributed by atoms with Crippen LogP contribution in [0.5, 0.6) is 0 Å². The second kappa shape index (κ2) is 7.76. The average Bonchev–Trinajstić information content (AvgIpc) is 2.14. The summed E-state index contributed by atoms with van der Waals surface area (Å²) in [6, 6.07) is 0.364. The summed E-state index contributed by atoms with van der Waals surface area (Å²) in [6.45, 7) is 7.84. The molecule has 0 aliphatic carbocycles. The van der Waals surface area contributed by atoms with Gasteiger partial charge < -0.3 is 15.4 Å². The second-order valence-electron chi connectivity index (χ2n) is 3.76. The van der Waals surface area contributed by atoms with Crippen molar-refractivity contribution in [1.82, 2.24) is 10.6 Å². The van der Waals surface area contributed by atoms with E-state index in [4.69, 9.17) is 4.74 Å². The van der Waals surface area contributed by atoms with Gasteiger partial charge in [-0.25, -0.2) is 0 Å². The summed E-state index contributed by atoms with van der Waals surface area (Å²) in [4.78, 5) is 11.2. The highest BCUT2D eigenvalue weighted by molar-refractivity contribution is 5.77. The summed E-state index contributed by atoms with van der Waals surface area (Å²) >= 11 is 0. The Kier molecular flexibility index (Phi) is 7.42. The van der Waals surface area contributed by atoms with Crippen LogP contribution in [0.3, 0.4) is 0 Å². The largest absolute Gasteiger partial charge is 0.383 e. The van der Waals surface area contributed by atoms with Crippen molar-refractivity contribution in [3.8, 4) is 0 Å². The lowest BCUT2D eigenvalue weighted by Crippen LogP contribution is -2.40. The Hall–Kier alpha value is -0.610. The Morgan fingerprint density at radius 3 is 2.50 bits per heavy atom. The predicted octanol–water partition coefficient (Wildman–Crippen LogP) is 0.383. The van der Waals surface area contributed by atoms with Gasteiger partial charge in [0.05, 0.1) is 13.2 Å². The first-order chi connectivity index (χ1) is 6.57. The van der Waals surface area contributed by atoms with Gasteiger partial charge in [-0.1, -0.05) is 13.8 Å². The molecule has 0 aliphatic rings. The lowest BCUT2D eigenvalue weighted by molar-refractivity contribution is -0.120. The molecular weight excluding hydrogens is 180 g/mol. The highest BCUT2D eigenvalue weighted by Gasteiger charge is 2.07. The van der Waals surface area contributed by atoms with Crippen LogP contribution < -0.4 is 10.6 Å². The first-order valence-electron chi connectivity index (χ1n) is 5.07. The molecule has 0 aromatic carbocycles. The van der Waals surface area contributed by atoms with Crippen LogP contribution in [0.15, 0.2) is 0 Å². The topological polar surface area (TPSA) is 50.4 Å². The summed E-state index contributed by atoms with van der Waals surface area (Å²) in [5.41, 5.74) is 0. The van der Waals surface area contributed by atoms with Gasteiger partial charge in [-0.2, -0.15) is 0 Å². The van der Waals surface area contributed by atoms with Gasteiger partial charge in [0.15, 0.2) is 0 Å². The Morgan fingerprint density at radius 2 is 2.00 bits per heavy atom. The maximum absolute atomic E-state index is 11.2. The van der Waals surface area contributed by atoms with Crippen LogP contribution in [0, 0.1) is 5.92 Å². The Bertz CT molecular complexity index is 160. The van der Waals surface area contributed by atoms with Crippen LogP contribution in [0.2, 0.25) is 0 Å². The predicted molar refractivity (Wildman–Crippen MR) is 57.2 cm³/mol. The van der Waals surface area contributed by atoms with E-state index in [0.717, 1.165) is 0 Å². The van der Waals surface area contributed by atoms with Crippen molar-refractivity contribution in [2.24, 2.45) is 5.92 Å². The average molecular weight is 202 g/mol. The Labute approximate surface area is 86.4 Å². The minimum Gasteiger partial charge on any atom is -0.383 e. The smallest absolute Gasteiger partial charge is 0.234 e. The molecule has 0 aromatic heterocycles. The van der Waals surface area contributed by atoms with Crippen LogP contribution in [0.4, 0.5) is 0 Å². The zero-order valence-electron chi connectivity index (χ0n) is 9.59. The molecule has 0 rings (SSSR count). The van der Waals surface area contributed by atoms with Gasteiger partial charge in [0.2, 0.25) is 5.91 Å². The number of carbonyl (C=O) groups excluding carboxylic acids is 1. The molecule has 0 aliphatic heterocycles. The molecule has 0 radical (unpaired) electrons. The van der Waals surface area contributed by atoms with E-state index in [0.29, 0.717) is 31.7 Å². The van der Waals surface area contributed by atoms with Gasteiger partial charge in [0.25, 0.3) is 0 Å². The Morgan fingerprint density at radius 1 is 1.36 bits per heavy atom. The van der Waals surface area contributed by atoms with Crippen molar-refractivity contribution in [3.63, 3.8) is 0 Å². The fraction of sp³-hybridized carbons (Fsp3) is 0.900. The van der Waals surface area contributed by atoms with Gasteiger partial charge >= 0.3 is 0 Å². The van der Waals surface area contributed by atoms with E-state index in [1.165, 1.54) is 0 Å². The molecule has 0 fully saturated rings. The minimum atomic E-state index is 0.0227. The molecule has 84 valence electrons. The third-order valence-electron chi connectivity index (χ3n) is 2.21. The van der Waals surface area contributed by atoms with E-state index in [1.54, 1.807) is 7.11 Å². The molecule has 1 unspecified atom stereocenters. The third kappa shape index (κ3) is 6.86. The molecule has 0 saturated carbocycles. The van der Waals surface area contributed by atoms with Crippen LogP contribution in [0.1, 0.15) is 20.8 Å². The monoisotopic (exact) mass is 202 g/mol. The minimum absolute atomic E-state index is 0.0227. The molecule has 14 heavy (non-hydrogen) atoms. The van der Waals surface area contributed by atoms with Crippen LogP contribution in [-0.4, -0.2) is 38.8 Å². The molecule has 0 saturated heterocycles. The normalized spacial score (nSPS) is 12.9. The van der Waals surface area contributed by atoms with Crippen molar-refractivity contribution >= 4 is 5.91 Å². The summed E-state index contributed by atoms with van der Waals surface area (Å²) in [5, 5.41) is 5.91. The van der Waals surface area contributed by atoms with E-state index in [9.17, 15) is 4.79 Å². The molecule has 0 aromatic rings. The van der Waals surface area contributed by atoms with Crippen molar-refractivity contribution in [1.29, 1.82) is 0 Å². The maximum atomic E-state index is 11.2. The molecular formula is C10H22N2O2. The van der Waals surface area contributed by atoms with Gasteiger partial charge in [-0.3, -0.25) is 4.79 Å². The van der Waals surface area contributed by atoms with E-state index >= 15 is 0 Å². The number of amides is 1. The molecule has 0 bridgehead atoms. The highest BCUT2D eigenvalue weighted by Crippen LogP contribution is 1.98. The lowest BCUT2D eigenvalue weighted by atomic mass is 10.1. The van der Waals surface area contributed by atoms with Gasteiger partial charge in [-0.15, -0.1) is 0 Å². The SMILES string of the molecule is COCCNC(=O)CNC(C)C(C)C. The summed E-state index contributed by atoms with van der Waals surface area (Å²) in [6.07, 6.45) is 0. The molecule has 4 nitrogen and oxygen atoms in total. The van der Waals surface area contributed by atoms with E-state index in [-0.39, 0.29) is 5.91 Å². The summed E-state index contributed by atoms with van der Waals surface area (Å²) < 4.78 is 4.82. The molecule has 4 heteroatoms. The third-order valence-corrected chi connectivity index (χ3v) is 2.21. The van der Waals surface area contributed by atoms with Crippen molar-refractivity contribution in [3.05, 3.63) is 0 Å². The molecule has 0 heterocycles. The zero-order chi connectivity index (χ0) is 11.0.